The molecule has 2 amide bonds. The molecule has 0 atom stereocenters. The van der Waals surface area contributed by atoms with Gasteiger partial charge >= 0.3 is 0 Å². The van der Waals surface area contributed by atoms with E-state index in [9.17, 15) is 9.59 Å². The highest BCUT2D eigenvalue weighted by atomic mass is 16.5. The average Bonchev–Trinajstić information content (AvgIpc) is 2.52. The van der Waals surface area contributed by atoms with Crippen LogP contribution in [0.1, 0.15) is 15.9 Å². The van der Waals surface area contributed by atoms with E-state index in [4.69, 9.17) is 15.2 Å². The summed E-state index contributed by atoms with van der Waals surface area (Å²) in [5.74, 6) is -0.513. The van der Waals surface area contributed by atoms with E-state index in [0.717, 1.165) is 5.56 Å². The highest BCUT2D eigenvalue weighted by Crippen LogP contribution is 2.30. The molecule has 2 aromatic carbocycles. The molecule has 23 heavy (non-hydrogen) atoms. The molecule has 0 bridgehead atoms. The van der Waals surface area contributed by atoms with Crippen LogP contribution in [0.5, 0.6) is 11.5 Å². The maximum atomic E-state index is 12.0. The zero-order valence-corrected chi connectivity index (χ0v) is 13.0. The van der Waals surface area contributed by atoms with Gasteiger partial charge in [0.2, 0.25) is 0 Å². The van der Waals surface area contributed by atoms with Crippen molar-refractivity contribution in [3.8, 4) is 11.5 Å². The van der Waals surface area contributed by atoms with E-state index in [0.29, 0.717) is 11.4 Å². The van der Waals surface area contributed by atoms with Crippen LogP contribution in [0.15, 0.2) is 42.5 Å². The summed E-state index contributed by atoms with van der Waals surface area (Å²) < 4.78 is 10.6. The van der Waals surface area contributed by atoms with Crippen molar-refractivity contribution in [3.63, 3.8) is 0 Å². The third-order valence-corrected chi connectivity index (χ3v) is 3.11. The minimum atomic E-state index is -0.655. The lowest BCUT2D eigenvalue weighted by atomic mass is 10.2. The van der Waals surface area contributed by atoms with E-state index < -0.39 is 5.91 Å². The van der Waals surface area contributed by atoms with Crippen molar-refractivity contribution in [3.05, 3.63) is 53.6 Å². The molecular weight excluding hydrogens is 296 g/mol. The summed E-state index contributed by atoms with van der Waals surface area (Å²) >= 11 is 0. The number of carbonyl (C=O) groups is 2. The number of ether oxygens (including phenoxy) is 2. The van der Waals surface area contributed by atoms with E-state index in [2.05, 4.69) is 5.32 Å². The summed E-state index contributed by atoms with van der Waals surface area (Å²) in [4.78, 5) is 23.4. The highest BCUT2D eigenvalue weighted by Gasteiger charge is 2.16. The summed E-state index contributed by atoms with van der Waals surface area (Å²) in [7, 11) is 1.44. The van der Waals surface area contributed by atoms with Gasteiger partial charge in [-0.3, -0.25) is 9.59 Å². The fourth-order valence-corrected chi connectivity index (χ4v) is 2.08. The highest BCUT2D eigenvalue weighted by molar-refractivity contribution is 5.97. The zero-order valence-electron chi connectivity index (χ0n) is 13.0. The standard InChI is InChI=1S/C17H18N2O4/c1-11-5-3-6-12(9-11)19-15(20)10-23-16-13(17(18)21)7-4-8-14(16)22-2/h3-9H,10H2,1-2H3,(H2,18,21)(H,19,20). The number of nitrogens with one attached hydrogen (secondary N) is 1. The number of hydrogen-bond acceptors (Lipinski definition) is 4. The van der Waals surface area contributed by atoms with Crippen molar-refractivity contribution < 1.29 is 19.1 Å². The van der Waals surface area contributed by atoms with Gasteiger partial charge in [0.05, 0.1) is 12.7 Å². The predicted octanol–water partition coefficient (Wildman–Crippen LogP) is 2.12. The Balaban J connectivity index is 2.08. The van der Waals surface area contributed by atoms with E-state index >= 15 is 0 Å². The molecule has 0 radical (unpaired) electrons. The van der Waals surface area contributed by atoms with Gasteiger partial charge in [-0.2, -0.15) is 0 Å². The molecule has 0 aliphatic rings. The normalized spacial score (nSPS) is 10.0. The number of hydrogen-bond donors (Lipinski definition) is 2. The monoisotopic (exact) mass is 314 g/mol. The smallest absolute Gasteiger partial charge is 0.262 e. The van der Waals surface area contributed by atoms with Crippen LogP contribution in [0, 0.1) is 6.92 Å². The maximum Gasteiger partial charge on any atom is 0.262 e. The molecule has 0 aromatic heterocycles. The summed E-state index contributed by atoms with van der Waals surface area (Å²) in [6.07, 6.45) is 0. The second-order valence-corrected chi connectivity index (χ2v) is 4.91. The molecule has 0 saturated heterocycles. The summed E-state index contributed by atoms with van der Waals surface area (Å²) in [5.41, 5.74) is 7.18. The molecule has 120 valence electrons. The van der Waals surface area contributed by atoms with Crippen LogP contribution in [-0.4, -0.2) is 25.5 Å². The van der Waals surface area contributed by atoms with E-state index in [-0.39, 0.29) is 23.8 Å². The second kappa shape index (κ2) is 7.31. The van der Waals surface area contributed by atoms with E-state index in [1.54, 1.807) is 18.2 Å². The predicted molar refractivity (Wildman–Crippen MR) is 86.8 cm³/mol. The first kappa shape index (κ1) is 16.4. The van der Waals surface area contributed by atoms with Crippen LogP contribution >= 0.6 is 0 Å². The van der Waals surface area contributed by atoms with Crippen molar-refractivity contribution in [2.45, 2.75) is 6.92 Å². The molecule has 6 nitrogen and oxygen atoms in total. The van der Waals surface area contributed by atoms with Crippen molar-refractivity contribution in [1.82, 2.24) is 0 Å². The number of benzene rings is 2. The van der Waals surface area contributed by atoms with Gasteiger partial charge in [-0.1, -0.05) is 18.2 Å². The zero-order chi connectivity index (χ0) is 16.8. The molecule has 2 aromatic rings. The number of aryl methyl sites for hydroxylation is 1. The number of carbonyl (C=O) groups excluding carboxylic acids is 2. The first-order valence-corrected chi connectivity index (χ1v) is 6.97. The lowest BCUT2D eigenvalue weighted by molar-refractivity contribution is -0.118. The van der Waals surface area contributed by atoms with E-state index in [1.165, 1.54) is 13.2 Å². The van der Waals surface area contributed by atoms with Gasteiger partial charge in [0, 0.05) is 5.69 Å². The Labute approximate surface area is 134 Å². The third kappa shape index (κ3) is 4.23. The van der Waals surface area contributed by atoms with Gasteiger partial charge in [-0.05, 0) is 36.8 Å². The summed E-state index contributed by atoms with van der Waals surface area (Å²) in [5, 5.41) is 2.72. The Kier molecular flexibility index (Phi) is 5.19. The fourth-order valence-electron chi connectivity index (χ4n) is 2.08. The molecular formula is C17H18N2O4. The summed E-state index contributed by atoms with van der Waals surface area (Å²) in [6.45, 7) is 1.66. The van der Waals surface area contributed by atoms with Crippen LogP contribution in [0.3, 0.4) is 0 Å². The number of rotatable bonds is 6. The summed E-state index contributed by atoms with van der Waals surface area (Å²) in [6, 6.07) is 12.2. The average molecular weight is 314 g/mol. The second-order valence-electron chi connectivity index (χ2n) is 4.91. The number of para-hydroxylation sites is 1. The SMILES string of the molecule is COc1cccc(C(N)=O)c1OCC(=O)Nc1cccc(C)c1. The Morgan fingerprint density at radius 3 is 2.57 bits per heavy atom. The largest absolute Gasteiger partial charge is 0.493 e. The molecule has 3 N–H and O–H groups in total. The van der Waals surface area contributed by atoms with Gasteiger partial charge in [0.1, 0.15) is 0 Å². The van der Waals surface area contributed by atoms with Crippen molar-refractivity contribution in [2.24, 2.45) is 5.73 Å². The minimum Gasteiger partial charge on any atom is -0.493 e. The molecule has 0 aliphatic carbocycles. The molecule has 0 heterocycles. The van der Waals surface area contributed by atoms with Gasteiger partial charge in [0.25, 0.3) is 11.8 Å². The lowest BCUT2D eigenvalue weighted by Gasteiger charge is -2.13. The van der Waals surface area contributed by atoms with Crippen LogP contribution in [0.2, 0.25) is 0 Å². The molecule has 2 rings (SSSR count). The third-order valence-electron chi connectivity index (χ3n) is 3.11. The maximum absolute atomic E-state index is 12.0. The number of primary amides is 1. The Morgan fingerprint density at radius 2 is 1.91 bits per heavy atom. The van der Waals surface area contributed by atoms with Gasteiger partial charge in [0.15, 0.2) is 18.1 Å². The fraction of sp³-hybridized carbons (Fsp3) is 0.176. The first-order chi connectivity index (χ1) is 11.0. The van der Waals surface area contributed by atoms with Gasteiger partial charge < -0.3 is 20.5 Å². The number of anilines is 1. The van der Waals surface area contributed by atoms with Crippen LogP contribution in [0.25, 0.3) is 0 Å². The molecule has 6 heteroatoms. The molecule has 0 aliphatic heterocycles. The topological polar surface area (TPSA) is 90.7 Å². The molecule has 0 spiro atoms. The first-order valence-electron chi connectivity index (χ1n) is 6.97. The number of amides is 2. The van der Waals surface area contributed by atoms with Gasteiger partial charge in [-0.25, -0.2) is 0 Å². The molecule has 0 unspecified atom stereocenters. The van der Waals surface area contributed by atoms with Crippen LogP contribution in [0.4, 0.5) is 5.69 Å². The van der Waals surface area contributed by atoms with Crippen LogP contribution in [-0.2, 0) is 4.79 Å². The van der Waals surface area contributed by atoms with Crippen molar-refractivity contribution in [2.75, 3.05) is 19.0 Å². The minimum absolute atomic E-state index is 0.155. The quantitative estimate of drug-likeness (QED) is 0.854. The number of nitrogens with two attached hydrogens (primary N) is 1. The molecule has 0 fully saturated rings. The van der Waals surface area contributed by atoms with Gasteiger partial charge in [-0.15, -0.1) is 0 Å². The van der Waals surface area contributed by atoms with Crippen molar-refractivity contribution in [1.29, 1.82) is 0 Å². The lowest BCUT2D eigenvalue weighted by Crippen LogP contribution is -2.22. The Bertz CT molecular complexity index is 728. The van der Waals surface area contributed by atoms with Crippen LogP contribution < -0.4 is 20.5 Å². The van der Waals surface area contributed by atoms with E-state index in [1.807, 2.05) is 25.1 Å². The Morgan fingerprint density at radius 1 is 1.17 bits per heavy atom. The molecule has 0 saturated carbocycles. The van der Waals surface area contributed by atoms with Crippen molar-refractivity contribution >= 4 is 17.5 Å². The number of methoxy groups -OCH3 is 1. The Hall–Kier alpha value is -3.02.